The molecule has 0 N–H and O–H groups in total. The number of carbonyl (C=O) groups excluding carboxylic acids is 2. The Kier molecular flexibility index (Phi) is 6.20. The molecular formula is C30H38O3. The highest BCUT2D eigenvalue weighted by atomic mass is 16.5. The second-order valence-corrected chi connectivity index (χ2v) is 11.3. The number of rotatable bonds is 7. The van der Waals surface area contributed by atoms with Crippen LogP contribution in [0.15, 0.2) is 54.1 Å². The summed E-state index contributed by atoms with van der Waals surface area (Å²) in [5.41, 5.74) is 2.32. The molecule has 3 saturated carbocycles. The molecule has 3 fully saturated rings. The lowest BCUT2D eigenvalue weighted by molar-refractivity contribution is -0.133. The molecular weight excluding hydrogens is 408 g/mol. The van der Waals surface area contributed by atoms with Crippen molar-refractivity contribution in [1.29, 1.82) is 0 Å². The number of ether oxygens (including phenoxy) is 1. The first kappa shape index (κ1) is 22.8. The van der Waals surface area contributed by atoms with Gasteiger partial charge in [-0.1, -0.05) is 56.7 Å². The van der Waals surface area contributed by atoms with Crippen molar-refractivity contribution < 1.29 is 14.3 Å². The second-order valence-electron chi connectivity index (χ2n) is 11.3. The SMILES string of the molecule is CC12C=CC(=O)C=C1C(OCCCCCc1ccccc1)CC1C2CCC2(C)C(=O)CCC12. The van der Waals surface area contributed by atoms with Crippen LogP contribution >= 0.6 is 0 Å². The molecule has 0 aliphatic heterocycles. The summed E-state index contributed by atoms with van der Waals surface area (Å²) in [6.07, 6.45) is 15.1. The van der Waals surface area contributed by atoms with E-state index in [0.717, 1.165) is 58.0 Å². The molecule has 0 saturated heterocycles. The van der Waals surface area contributed by atoms with Crippen LogP contribution in [0, 0.1) is 28.6 Å². The van der Waals surface area contributed by atoms with E-state index in [1.165, 1.54) is 17.6 Å². The summed E-state index contributed by atoms with van der Waals surface area (Å²) >= 11 is 0. The molecule has 0 aromatic heterocycles. The second kappa shape index (κ2) is 8.98. The lowest BCUT2D eigenvalue weighted by Gasteiger charge is -2.57. The quantitative estimate of drug-likeness (QED) is 0.464. The minimum Gasteiger partial charge on any atom is -0.374 e. The summed E-state index contributed by atoms with van der Waals surface area (Å²) in [6.45, 7) is 5.27. The van der Waals surface area contributed by atoms with Crippen molar-refractivity contribution >= 4 is 11.6 Å². The molecule has 4 aliphatic rings. The van der Waals surface area contributed by atoms with E-state index in [2.05, 4.69) is 50.3 Å². The van der Waals surface area contributed by atoms with Crippen LogP contribution in [0.3, 0.4) is 0 Å². The Hall–Kier alpha value is -2.00. The van der Waals surface area contributed by atoms with E-state index >= 15 is 0 Å². The van der Waals surface area contributed by atoms with E-state index in [0.29, 0.717) is 23.5 Å². The monoisotopic (exact) mass is 446 g/mol. The maximum Gasteiger partial charge on any atom is 0.178 e. The summed E-state index contributed by atoms with van der Waals surface area (Å²) in [5.74, 6) is 2.03. The number of aryl methyl sites for hydroxylation is 1. The van der Waals surface area contributed by atoms with Crippen LogP contribution in [-0.2, 0) is 20.7 Å². The Morgan fingerprint density at radius 3 is 2.64 bits per heavy atom. The highest BCUT2D eigenvalue weighted by molar-refractivity contribution is 6.01. The fourth-order valence-corrected chi connectivity index (χ4v) is 7.63. The van der Waals surface area contributed by atoms with Gasteiger partial charge in [-0.25, -0.2) is 0 Å². The van der Waals surface area contributed by atoms with Gasteiger partial charge in [-0.2, -0.15) is 0 Å². The average molecular weight is 447 g/mol. The summed E-state index contributed by atoms with van der Waals surface area (Å²) in [4.78, 5) is 25.1. The number of unbranched alkanes of at least 4 members (excludes halogenated alkanes) is 2. The molecule has 1 aromatic rings. The van der Waals surface area contributed by atoms with Gasteiger partial charge < -0.3 is 4.74 Å². The Morgan fingerprint density at radius 1 is 1.00 bits per heavy atom. The zero-order valence-corrected chi connectivity index (χ0v) is 20.2. The lowest BCUT2D eigenvalue weighted by atomic mass is 9.48. The van der Waals surface area contributed by atoms with Gasteiger partial charge in [-0.15, -0.1) is 0 Å². The van der Waals surface area contributed by atoms with Gasteiger partial charge in [-0.05, 0) is 86.0 Å². The topological polar surface area (TPSA) is 43.4 Å². The maximum atomic E-state index is 12.8. The van der Waals surface area contributed by atoms with E-state index in [1.54, 1.807) is 6.08 Å². The Morgan fingerprint density at radius 2 is 1.82 bits per heavy atom. The highest BCUT2D eigenvalue weighted by Gasteiger charge is 2.60. The number of ketones is 2. The van der Waals surface area contributed by atoms with Gasteiger partial charge in [0.15, 0.2) is 5.78 Å². The third-order valence-electron chi connectivity index (χ3n) is 9.53. The standard InChI is InChI=1S/C30H38O3/c1-29-16-14-22(31)19-26(29)27(33-18-8-4-7-11-21-9-5-3-6-10-21)20-23-24-12-13-28(32)30(24,2)17-15-25(23)29/h3,5-6,9-10,14,16,19,23-25,27H,4,7-8,11-13,15,17-18,20H2,1-2H3. The molecule has 4 aliphatic carbocycles. The average Bonchev–Trinajstić information content (AvgIpc) is 3.12. The minimum atomic E-state index is -0.144. The molecule has 6 unspecified atom stereocenters. The molecule has 0 spiro atoms. The van der Waals surface area contributed by atoms with Crippen molar-refractivity contribution in [2.45, 2.75) is 77.7 Å². The first-order valence-corrected chi connectivity index (χ1v) is 13.1. The van der Waals surface area contributed by atoms with Crippen LogP contribution in [0.1, 0.15) is 70.8 Å². The van der Waals surface area contributed by atoms with E-state index in [4.69, 9.17) is 4.74 Å². The maximum absolute atomic E-state index is 12.8. The molecule has 5 rings (SSSR count). The van der Waals surface area contributed by atoms with Gasteiger partial charge in [0.05, 0.1) is 6.10 Å². The van der Waals surface area contributed by atoms with Crippen molar-refractivity contribution in [3.8, 4) is 0 Å². The van der Waals surface area contributed by atoms with Crippen molar-refractivity contribution in [1.82, 2.24) is 0 Å². The minimum absolute atomic E-state index is 0.00248. The number of hydrogen-bond donors (Lipinski definition) is 0. The molecule has 0 bridgehead atoms. The number of Topliss-reactive ketones (excluding diaryl/α,β-unsaturated/α-hetero) is 1. The van der Waals surface area contributed by atoms with Gasteiger partial charge in [0.1, 0.15) is 5.78 Å². The Labute approximate surface area is 198 Å². The normalized spacial score (nSPS) is 37.3. The molecule has 176 valence electrons. The molecule has 0 amide bonds. The van der Waals surface area contributed by atoms with E-state index in [-0.39, 0.29) is 22.7 Å². The summed E-state index contributed by atoms with van der Waals surface area (Å²) < 4.78 is 6.54. The third kappa shape index (κ3) is 4.07. The Balaban J connectivity index is 1.25. The summed E-state index contributed by atoms with van der Waals surface area (Å²) in [7, 11) is 0. The molecule has 0 radical (unpaired) electrons. The summed E-state index contributed by atoms with van der Waals surface area (Å²) in [5, 5.41) is 0. The molecule has 3 heteroatoms. The Bertz CT molecular complexity index is 960. The van der Waals surface area contributed by atoms with Crippen molar-refractivity contribution in [2.24, 2.45) is 28.6 Å². The number of hydrogen-bond acceptors (Lipinski definition) is 3. The van der Waals surface area contributed by atoms with Crippen molar-refractivity contribution in [3.63, 3.8) is 0 Å². The molecule has 6 atom stereocenters. The smallest absolute Gasteiger partial charge is 0.178 e. The first-order chi connectivity index (χ1) is 15.9. The predicted octanol–water partition coefficient (Wildman–Crippen LogP) is 6.27. The number of benzene rings is 1. The van der Waals surface area contributed by atoms with Gasteiger partial charge in [0.2, 0.25) is 0 Å². The largest absolute Gasteiger partial charge is 0.374 e. The fraction of sp³-hybridized carbons (Fsp3) is 0.600. The number of carbonyl (C=O) groups is 2. The summed E-state index contributed by atoms with van der Waals surface area (Å²) in [6, 6.07) is 10.7. The van der Waals surface area contributed by atoms with Crippen molar-refractivity contribution in [3.05, 3.63) is 59.7 Å². The molecule has 1 aromatic carbocycles. The van der Waals surface area contributed by atoms with Crippen LogP contribution in [0.4, 0.5) is 0 Å². The van der Waals surface area contributed by atoms with Gasteiger partial charge in [0.25, 0.3) is 0 Å². The molecule has 33 heavy (non-hydrogen) atoms. The number of allylic oxidation sites excluding steroid dienone is 3. The zero-order chi connectivity index (χ0) is 23.1. The first-order valence-electron chi connectivity index (χ1n) is 13.1. The highest BCUT2D eigenvalue weighted by Crippen LogP contribution is 2.63. The van der Waals surface area contributed by atoms with Gasteiger partial charge in [0, 0.05) is 23.9 Å². The van der Waals surface area contributed by atoms with Crippen LogP contribution in [0.25, 0.3) is 0 Å². The van der Waals surface area contributed by atoms with E-state index in [1.807, 2.05) is 6.08 Å². The lowest BCUT2D eigenvalue weighted by Crippen LogP contribution is -2.53. The number of fused-ring (bicyclic) bond motifs is 5. The van der Waals surface area contributed by atoms with Crippen LogP contribution in [0.2, 0.25) is 0 Å². The molecule has 3 nitrogen and oxygen atoms in total. The van der Waals surface area contributed by atoms with Crippen molar-refractivity contribution in [2.75, 3.05) is 6.61 Å². The fourth-order valence-electron chi connectivity index (χ4n) is 7.63. The van der Waals surface area contributed by atoms with Crippen LogP contribution in [-0.4, -0.2) is 24.3 Å². The third-order valence-corrected chi connectivity index (χ3v) is 9.53. The van der Waals surface area contributed by atoms with Crippen LogP contribution in [0.5, 0.6) is 0 Å². The van der Waals surface area contributed by atoms with E-state index in [9.17, 15) is 9.59 Å². The van der Waals surface area contributed by atoms with Gasteiger partial charge in [-0.3, -0.25) is 9.59 Å². The molecule has 0 heterocycles. The zero-order valence-electron chi connectivity index (χ0n) is 20.2. The van der Waals surface area contributed by atoms with E-state index < -0.39 is 0 Å². The van der Waals surface area contributed by atoms with Gasteiger partial charge >= 0.3 is 0 Å². The van der Waals surface area contributed by atoms with Crippen LogP contribution < -0.4 is 0 Å². The predicted molar refractivity (Wildman–Crippen MR) is 131 cm³/mol.